The van der Waals surface area contributed by atoms with Gasteiger partial charge in [-0.1, -0.05) is 24.3 Å². The third-order valence-electron chi connectivity index (χ3n) is 5.94. The number of likely N-dealkylation sites (N-methyl/N-ethyl adjacent to an activating group) is 2. The van der Waals surface area contributed by atoms with Gasteiger partial charge in [0.25, 0.3) is 0 Å². The molecule has 2 rings (SSSR count). The summed E-state index contributed by atoms with van der Waals surface area (Å²) in [5.41, 5.74) is 1.33. The number of allylic oxidation sites excluding steroid dienone is 2. The molecule has 0 spiro atoms. The zero-order chi connectivity index (χ0) is 33.3. The average Bonchev–Trinajstić information content (AvgIpc) is 2.95. The molecule has 0 aliphatic carbocycles. The summed E-state index contributed by atoms with van der Waals surface area (Å²) < 4.78 is 10.00. The number of carbonyl (C=O) groups excluding carboxylic acids is 2. The predicted molar refractivity (Wildman–Crippen MR) is 178 cm³/mol. The fourth-order valence-corrected chi connectivity index (χ4v) is 2.71. The smallest absolute Gasteiger partial charge is 0.320 e. The zero-order valence-electron chi connectivity index (χ0n) is 26.6. The van der Waals surface area contributed by atoms with Crippen molar-refractivity contribution in [3.63, 3.8) is 0 Å². The Balaban J connectivity index is -0.000000812. The summed E-state index contributed by atoms with van der Waals surface area (Å²) in [6.07, 6.45) is 5.44. The summed E-state index contributed by atoms with van der Waals surface area (Å²) in [4.78, 5) is 47.3. The van der Waals surface area contributed by atoms with E-state index >= 15 is 0 Å². The highest BCUT2D eigenvalue weighted by Crippen LogP contribution is 2.27. The highest BCUT2D eigenvalue weighted by Gasteiger charge is 2.12. The number of aromatic hydroxyl groups is 2. The minimum atomic E-state index is -0.782. The van der Waals surface area contributed by atoms with Crippen LogP contribution in [0, 0.1) is 0 Å². The van der Waals surface area contributed by atoms with E-state index < -0.39 is 11.9 Å². The summed E-state index contributed by atoms with van der Waals surface area (Å²) >= 11 is 0. The number of carbonyl (C=O) groups is 4. The van der Waals surface area contributed by atoms with Gasteiger partial charge in [0.05, 0.1) is 20.6 Å². The van der Waals surface area contributed by atoms with E-state index in [1.54, 1.807) is 88.3 Å². The number of carboxylic acids is 2. The minimum absolute atomic E-state index is 0. The lowest BCUT2D eigenvalue weighted by atomic mass is 10.1. The van der Waals surface area contributed by atoms with E-state index in [9.17, 15) is 29.4 Å². The van der Waals surface area contributed by atoms with Gasteiger partial charge in [0, 0.05) is 0 Å². The summed E-state index contributed by atoms with van der Waals surface area (Å²) in [5, 5.41) is 35.7. The Hall–Kier alpha value is -4.10. The van der Waals surface area contributed by atoms with Crippen LogP contribution < -0.4 is 9.47 Å². The van der Waals surface area contributed by atoms with Crippen LogP contribution in [0.3, 0.4) is 0 Å². The number of ketones is 2. The first-order chi connectivity index (χ1) is 20.0. The second-order valence-corrected chi connectivity index (χ2v) is 9.59. The molecule has 2 unspecified atom stereocenters. The third kappa shape index (κ3) is 18.3. The normalized spacial score (nSPS) is 11.6. The summed E-state index contributed by atoms with van der Waals surface area (Å²) in [6, 6.07) is 8.58. The number of hydrogen-bond acceptors (Lipinski definition) is 10. The number of rotatable bonds is 12. The maximum absolute atomic E-state index is 11.9. The molecule has 0 saturated heterocycles. The van der Waals surface area contributed by atoms with Gasteiger partial charge in [0.15, 0.2) is 34.6 Å². The Kier molecular flexibility index (Phi) is 23.5. The number of methoxy groups -OCH3 is 2. The van der Waals surface area contributed by atoms with Gasteiger partial charge in [0.2, 0.25) is 0 Å². The number of hydrogen-bond donors (Lipinski definition) is 4. The minimum Gasteiger partial charge on any atom is -0.504 e. The van der Waals surface area contributed by atoms with Gasteiger partial charge >= 0.3 is 11.9 Å². The molecular weight excluding hydrogens is 631 g/mol. The van der Waals surface area contributed by atoms with Crippen LogP contribution in [-0.4, -0.2) is 108 Å². The zero-order valence-corrected chi connectivity index (χ0v) is 28.2. The van der Waals surface area contributed by atoms with Crippen LogP contribution in [0.4, 0.5) is 0 Å². The molecular formula is C31H44Cl2N2O10. The summed E-state index contributed by atoms with van der Waals surface area (Å²) in [6.45, 7) is 3.28. The molecule has 2 aromatic rings. The number of phenols is 2. The van der Waals surface area contributed by atoms with Crippen molar-refractivity contribution < 1.29 is 49.1 Å². The van der Waals surface area contributed by atoms with Gasteiger partial charge in [-0.15, -0.1) is 24.8 Å². The summed E-state index contributed by atoms with van der Waals surface area (Å²) in [5.74, 6) is -1.65. The van der Waals surface area contributed by atoms with Crippen LogP contribution in [0.5, 0.6) is 23.0 Å². The molecule has 0 saturated carbocycles. The van der Waals surface area contributed by atoms with Crippen molar-refractivity contribution in [2.24, 2.45) is 0 Å². The van der Waals surface area contributed by atoms with Crippen LogP contribution >= 0.6 is 24.8 Å². The first-order valence-electron chi connectivity index (χ1n) is 13.0. The molecule has 0 amide bonds. The predicted octanol–water partition coefficient (Wildman–Crippen LogP) is 4.26. The fraction of sp³-hybridized carbons (Fsp3) is 0.355. The van der Waals surface area contributed by atoms with Crippen LogP contribution in [0.2, 0.25) is 0 Å². The molecule has 2 aromatic carbocycles. The van der Waals surface area contributed by atoms with Gasteiger partial charge < -0.3 is 29.9 Å². The molecule has 0 fully saturated rings. The average molecular weight is 676 g/mol. The van der Waals surface area contributed by atoms with Crippen molar-refractivity contribution in [3.05, 3.63) is 59.7 Å². The molecule has 12 nitrogen and oxygen atoms in total. The second-order valence-electron chi connectivity index (χ2n) is 9.59. The Morgan fingerprint density at radius 3 is 1.22 bits per heavy atom. The number of benzene rings is 2. The van der Waals surface area contributed by atoms with Gasteiger partial charge in [-0.3, -0.25) is 29.0 Å². The Morgan fingerprint density at radius 2 is 1.00 bits per heavy atom. The molecule has 45 heavy (non-hydrogen) atoms. The van der Waals surface area contributed by atoms with E-state index in [-0.39, 0.29) is 66.4 Å². The quantitative estimate of drug-likeness (QED) is 0.186. The Labute approximate surface area is 276 Å². The van der Waals surface area contributed by atoms with Crippen LogP contribution in [0.25, 0.3) is 12.2 Å². The number of halogens is 2. The van der Waals surface area contributed by atoms with Crippen LogP contribution in [0.1, 0.15) is 31.4 Å². The van der Waals surface area contributed by atoms with E-state index in [0.717, 1.165) is 0 Å². The number of phenolic OH excluding ortho intramolecular Hbond substituents is 2. The highest BCUT2D eigenvalue weighted by molar-refractivity contribution is 6.10. The first kappa shape index (κ1) is 45.3. The first-order valence-corrected chi connectivity index (χ1v) is 13.0. The molecule has 0 aromatic heterocycles. The van der Waals surface area contributed by atoms with Crippen molar-refractivity contribution >= 4 is 60.5 Å². The summed E-state index contributed by atoms with van der Waals surface area (Å²) in [7, 11) is 9.81. The largest absolute Gasteiger partial charge is 0.504 e. The van der Waals surface area contributed by atoms with Crippen molar-refractivity contribution in [1.82, 2.24) is 9.80 Å². The lowest BCUT2D eigenvalue weighted by Gasteiger charge is -2.13. The van der Waals surface area contributed by atoms with Crippen molar-refractivity contribution in [3.8, 4) is 23.0 Å². The van der Waals surface area contributed by atoms with E-state index in [1.807, 2.05) is 0 Å². The van der Waals surface area contributed by atoms with Crippen molar-refractivity contribution in [2.75, 3.05) is 42.4 Å². The Bertz CT molecular complexity index is 1200. The highest BCUT2D eigenvalue weighted by atomic mass is 35.5. The standard InChI is InChI=1S/C21H20O6.2C5H11NO2.2ClH/c1-26-20-11-14(5-9-18(20)24)3-7-16(22)13-17(23)8-4-15-6-10-19(25)21(12-15)27-2;2*1-4(5(7)8)6(2)3;;/h3-12,24-25H,13H2,1-2H3;2*4H,1-3H3,(H,7,8);2*1H. The molecule has 0 radical (unpaired) electrons. The molecule has 0 heterocycles. The SMILES string of the molecule is CC(C(=O)O)N(C)C.CC(C(=O)O)N(C)C.COc1cc(C=CC(=O)CC(=O)C=Cc2ccc(O)c(OC)c2)ccc1O.Cl.Cl. The number of aliphatic carboxylic acids is 2. The van der Waals surface area contributed by atoms with E-state index in [4.69, 9.17) is 19.7 Å². The molecule has 4 N–H and O–H groups in total. The molecule has 0 bridgehead atoms. The fourth-order valence-electron chi connectivity index (χ4n) is 2.71. The topological polar surface area (TPSA) is 174 Å². The second kappa shape index (κ2) is 23.3. The van der Waals surface area contributed by atoms with Gasteiger partial charge in [-0.05, 0) is 89.6 Å². The lowest BCUT2D eigenvalue weighted by Crippen LogP contribution is -2.32. The Morgan fingerprint density at radius 1 is 0.689 bits per heavy atom. The van der Waals surface area contributed by atoms with Crippen LogP contribution in [-0.2, 0) is 19.2 Å². The maximum atomic E-state index is 11.9. The van der Waals surface area contributed by atoms with Gasteiger partial charge in [-0.2, -0.15) is 0 Å². The molecule has 252 valence electrons. The maximum Gasteiger partial charge on any atom is 0.320 e. The number of ether oxygens (including phenoxy) is 2. The van der Waals surface area contributed by atoms with Crippen LogP contribution in [0.15, 0.2) is 48.6 Å². The van der Waals surface area contributed by atoms with Gasteiger partial charge in [-0.25, -0.2) is 0 Å². The molecule has 0 aliphatic heterocycles. The third-order valence-corrected chi connectivity index (χ3v) is 5.94. The van der Waals surface area contributed by atoms with Gasteiger partial charge in [0.1, 0.15) is 12.1 Å². The van der Waals surface area contributed by atoms with Crippen molar-refractivity contribution in [1.29, 1.82) is 0 Å². The van der Waals surface area contributed by atoms with Crippen molar-refractivity contribution in [2.45, 2.75) is 32.4 Å². The molecule has 2 atom stereocenters. The molecule has 14 heteroatoms. The molecule has 0 aliphatic rings. The lowest BCUT2D eigenvalue weighted by molar-refractivity contribution is -0.142. The monoisotopic (exact) mass is 674 g/mol. The number of nitrogens with zero attached hydrogens (tertiary/aromatic N) is 2. The van der Waals surface area contributed by atoms with E-state index in [1.165, 1.54) is 38.5 Å². The number of carboxylic acid groups (broad SMARTS) is 2. The van der Waals surface area contributed by atoms with E-state index in [2.05, 4.69) is 0 Å². The van der Waals surface area contributed by atoms with E-state index in [0.29, 0.717) is 22.6 Å².